The van der Waals surface area contributed by atoms with E-state index in [-0.39, 0.29) is 0 Å². The highest BCUT2D eigenvalue weighted by Crippen LogP contribution is 2.19. The van der Waals surface area contributed by atoms with Crippen LogP contribution >= 0.6 is 0 Å². The van der Waals surface area contributed by atoms with Crippen LogP contribution in [0.15, 0.2) is 91.3 Å². The van der Waals surface area contributed by atoms with Crippen LogP contribution in [0.1, 0.15) is 35.3 Å². The number of aromatic nitrogens is 4. The van der Waals surface area contributed by atoms with Crippen LogP contribution in [0.2, 0.25) is 0 Å². The van der Waals surface area contributed by atoms with Gasteiger partial charge < -0.3 is 25.7 Å². The molecule has 0 aliphatic heterocycles. The van der Waals surface area contributed by atoms with Crippen LogP contribution in [-0.2, 0) is 32.7 Å². The summed E-state index contributed by atoms with van der Waals surface area (Å²) in [7, 11) is 0. The molecular weight excluding hydrogens is 536 g/mol. The lowest BCUT2D eigenvalue weighted by Gasteiger charge is -2.23. The molecule has 5 rings (SSSR count). The summed E-state index contributed by atoms with van der Waals surface area (Å²) in [6.45, 7) is 10.2. The molecule has 4 N–H and O–H groups in total. The number of fused-ring (bicyclic) bond motifs is 1. The molecule has 0 saturated carbocycles. The molecule has 0 unspecified atom stereocenters. The van der Waals surface area contributed by atoms with Crippen molar-refractivity contribution in [3.05, 3.63) is 120 Å². The van der Waals surface area contributed by atoms with E-state index in [1.54, 1.807) is 0 Å². The van der Waals surface area contributed by atoms with Gasteiger partial charge in [-0.15, -0.1) is 0 Å². The maximum absolute atomic E-state index is 5.59. The number of hydrogen-bond donors (Lipinski definition) is 4. The molecule has 0 radical (unpaired) electrons. The Balaban J connectivity index is 1.09. The standard InChI is InChI=1S/C34H42N8O/c1-2-43-31-13-14-32-33(21-31)41-34(40-32)25-37-22-27-9-11-28(12-10-27)26-42(19-17-35-23-29-7-3-5-15-38-29)20-18-36-24-30-8-4-6-16-39-30/h3-16,21,35-37H,2,17-20,22-26H2,1H3,(H,40,41). The number of hydrogen-bond acceptors (Lipinski definition) is 8. The predicted molar refractivity (Wildman–Crippen MR) is 171 cm³/mol. The molecule has 2 aromatic carbocycles. The highest BCUT2D eigenvalue weighted by molar-refractivity contribution is 5.76. The van der Waals surface area contributed by atoms with Gasteiger partial charge >= 0.3 is 0 Å². The van der Waals surface area contributed by atoms with Crippen LogP contribution in [0.5, 0.6) is 5.75 Å². The fourth-order valence-electron chi connectivity index (χ4n) is 4.91. The summed E-state index contributed by atoms with van der Waals surface area (Å²) in [6.07, 6.45) is 3.68. The van der Waals surface area contributed by atoms with Crippen LogP contribution in [0.3, 0.4) is 0 Å². The zero-order valence-corrected chi connectivity index (χ0v) is 24.9. The molecule has 0 saturated heterocycles. The molecule has 43 heavy (non-hydrogen) atoms. The van der Waals surface area contributed by atoms with Crippen LogP contribution in [0, 0.1) is 0 Å². The lowest BCUT2D eigenvalue weighted by atomic mass is 10.1. The van der Waals surface area contributed by atoms with Crippen molar-refractivity contribution in [2.24, 2.45) is 0 Å². The Hall–Kier alpha value is -4.15. The largest absolute Gasteiger partial charge is 0.494 e. The van der Waals surface area contributed by atoms with E-state index in [0.29, 0.717) is 13.2 Å². The average Bonchev–Trinajstić information content (AvgIpc) is 3.45. The quantitative estimate of drug-likeness (QED) is 0.113. The number of nitrogens with one attached hydrogen (secondary N) is 4. The number of nitrogens with zero attached hydrogens (tertiary/aromatic N) is 4. The van der Waals surface area contributed by atoms with E-state index in [0.717, 1.165) is 86.4 Å². The smallest absolute Gasteiger partial charge is 0.121 e. The molecule has 0 amide bonds. The first-order valence-corrected chi connectivity index (χ1v) is 15.1. The van der Waals surface area contributed by atoms with Crippen molar-refractivity contribution in [3.8, 4) is 5.75 Å². The topological polar surface area (TPSA) is 103 Å². The van der Waals surface area contributed by atoms with E-state index >= 15 is 0 Å². The second kappa shape index (κ2) is 16.5. The molecule has 0 aliphatic rings. The Bertz CT molecular complexity index is 1440. The van der Waals surface area contributed by atoms with Gasteiger partial charge in [-0.1, -0.05) is 36.4 Å². The molecule has 3 heterocycles. The number of rotatable bonds is 18. The average molecular weight is 579 g/mol. The lowest BCUT2D eigenvalue weighted by Crippen LogP contribution is -2.36. The van der Waals surface area contributed by atoms with Crippen LogP contribution < -0.4 is 20.7 Å². The van der Waals surface area contributed by atoms with E-state index in [9.17, 15) is 0 Å². The molecule has 9 heteroatoms. The number of aromatic amines is 1. The second-order valence-corrected chi connectivity index (χ2v) is 10.5. The number of H-pyrrole nitrogens is 1. The second-order valence-electron chi connectivity index (χ2n) is 10.5. The van der Waals surface area contributed by atoms with E-state index in [4.69, 9.17) is 9.72 Å². The van der Waals surface area contributed by atoms with Gasteiger partial charge in [-0.2, -0.15) is 0 Å². The van der Waals surface area contributed by atoms with Crippen molar-refractivity contribution in [1.29, 1.82) is 0 Å². The monoisotopic (exact) mass is 578 g/mol. The molecule has 3 aromatic heterocycles. The molecule has 5 aromatic rings. The summed E-state index contributed by atoms with van der Waals surface area (Å²) in [5.74, 6) is 1.77. The molecule has 0 aliphatic carbocycles. The molecular formula is C34H42N8O. The normalized spacial score (nSPS) is 11.4. The number of pyridine rings is 2. The van der Waals surface area contributed by atoms with Gasteiger partial charge in [0.2, 0.25) is 0 Å². The van der Waals surface area contributed by atoms with Crippen molar-refractivity contribution in [2.75, 3.05) is 32.8 Å². The third-order valence-electron chi connectivity index (χ3n) is 7.14. The minimum atomic E-state index is 0.648. The number of benzene rings is 2. The first-order valence-electron chi connectivity index (χ1n) is 15.1. The fraction of sp³-hybridized carbons (Fsp3) is 0.324. The Kier molecular flexibility index (Phi) is 11.6. The molecule has 0 bridgehead atoms. The SMILES string of the molecule is CCOc1ccc2[nH]c(CNCc3ccc(CN(CCNCc4ccccn4)CCNCc4ccccn4)cc3)nc2c1. The number of ether oxygens (including phenoxy) is 1. The molecule has 224 valence electrons. The minimum Gasteiger partial charge on any atom is -0.494 e. The van der Waals surface area contributed by atoms with Crippen LogP contribution in [-0.4, -0.2) is 57.6 Å². The first kappa shape index (κ1) is 30.3. The van der Waals surface area contributed by atoms with Gasteiger partial charge in [0.15, 0.2) is 0 Å². The maximum Gasteiger partial charge on any atom is 0.121 e. The minimum absolute atomic E-state index is 0.648. The van der Waals surface area contributed by atoms with Crippen molar-refractivity contribution >= 4 is 11.0 Å². The van der Waals surface area contributed by atoms with Gasteiger partial charge in [0.25, 0.3) is 0 Å². The summed E-state index contributed by atoms with van der Waals surface area (Å²) in [6, 6.07) is 26.9. The summed E-state index contributed by atoms with van der Waals surface area (Å²) >= 11 is 0. The third-order valence-corrected chi connectivity index (χ3v) is 7.14. The van der Waals surface area contributed by atoms with E-state index in [1.165, 1.54) is 11.1 Å². The van der Waals surface area contributed by atoms with E-state index < -0.39 is 0 Å². The Morgan fingerprint density at radius 2 is 1.40 bits per heavy atom. The van der Waals surface area contributed by atoms with Gasteiger partial charge in [-0.25, -0.2) is 4.98 Å². The van der Waals surface area contributed by atoms with Crippen molar-refractivity contribution < 1.29 is 4.74 Å². The van der Waals surface area contributed by atoms with Crippen molar-refractivity contribution in [2.45, 2.75) is 39.6 Å². The molecule has 9 nitrogen and oxygen atoms in total. The van der Waals surface area contributed by atoms with E-state index in [1.807, 2.05) is 61.8 Å². The molecule has 0 atom stereocenters. The van der Waals surface area contributed by atoms with Crippen LogP contribution in [0.25, 0.3) is 11.0 Å². The summed E-state index contributed by atoms with van der Waals surface area (Å²) < 4.78 is 5.59. The van der Waals surface area contributed by atoms with Gasteiger partial charge in [-0.05, 0) is 54.4 Å². The summed E-state index contributed by atoms with van der Waals surface area (Å²) in [5.41, 5.74) is 6.63. The zero-order valence-electron chi connectivity index (χ0n) is 24.9. The van der Waals surface area contributed by atoms with Gasteiger partial charge in [0.05, 0.1) is 35.6 Å². The summed E-state index contributed by atoms with van der Waals surface area (Å²) in [4.78, 5) is 19.4. The summed E-state index contributed by atoms with van der Waals surface area (Å²) in [5, 5.41) is 10.6. The van der Waals surface area contributed by atoms with Gasteiger partial charge in [0.1, 0.15) is 11.6 Å². The number of imidazole rings is 1. The first-order chi connectivity index (χ1) is 21.2. The predicted octanol–water partition coefficient (Wildman–Crippen LogP) is 4.42. The fourth-order valence-corrected chi connectivity index (χ4v) is 4.91. The molecule has 0 spiro atoms. The Morgan fingerprint density at radius 1 is 0.721 bits per heavy atom. The highest BCUT2D eigenvalue weighted by Gasteiger charge is 2.08. The van der Waals surface area contributed by atoms with Crippen molar-refractivity contribution in [3.63, 3.8) is 0 Å². The highest BCUT2D eigenvalue weighted by atomic mass is 16.5. The Labute approximate surface area is 254 Å². The van der Waals surface area contributed by atoms with E-state index in [2.05, 4.69) is 72.2 Å². The van der Waals surface area contributed by atoms with Crippen LogP contribution in [0.4, 0.5) is 0 Å². The lowest BCUT2D eigenvalue weighted by molar-refractivity contribution is 0.263. The van der Waals surface area contributed by atoms with Gasteiger partial charge in [-0.3, -0.25) is 14.9 Å². The van der Waals surface area contributed by atoms with Gasteiger partial charge in [0, 0.05) is 70.8 Å². The Morgan fingerprint density at radius 3 is 2.02 bits per heavy atom. The van der Waals surface area contributed by atoms with Crippen molar-refractivity contribution in [1.82, 2.24) is 40.8 Å². The zero-order chi connectivity index (χ0) is 29.5. The molecule has 0 fully saturated rings. The third kappa shape index (κ3) is 9.97. The maximum atomic E-state index is 5.59.